The van der Waals surface area contributed by atoms with Crippen LogP contribution in [0.2, 0.25) is 5.02 Å². The van der Waals surface area contributed by atoms with E-state index in [0.717, 1.165) is 12.0 Å². The van der Waals surface area contributed by atoms with Gasteiger partial charge in [-0.3, -0.25) is 9.59 Å². The fraction of sp³-hybridized carbons (Fsp3) is 0.318. The first-order valence-corrected chi connectivity index (χ1v) is 9.77. The average Bonchev–Trinajstić information content (AvgIpc) is 3.23. The molecular formula is C22H22ClN3O3. The molecule has 0 aromatic heterocycles. The molecule has 0 bridgehead atoms. The molecule has 2 atom stereocenters. The van der Waals surface area contributed by atoms with Gasteiger partial charge in [-0.05, 0) is 55.7 Å². The minimum absolute atomic E-state index is 0.200. The molecule has 2 unspecified atom stereocenters. The average molecular weight is 412 g/mol. The summed E-state index contributed by atoms with van der Waals surface area (Å²) in [5, 5.41) is 12.3. The van der Waals surface area contributed by atoms with Gasteiger partial charge < -0.3 is 15.0 Å². The quantitative estimate of drug-likeness (QED) is 0.813. The summed E-state index contributed by atoms with van der Waals surface area (Å²) in [4.78, 5) is 27.6. The number of carbonyl (C=O) groups is 2. The first-order valence-electron chi connectivity index (χ1n) is 9.39. The summed E-state index contributed by atoms with van der Waals surface area (Å²) in [6, 6.07) is 13.2. The number of nitrogens with zero attached hydrogens (tertiary/aromatic N) is 2. The van der Waals surface area contributed by atoms with Crippen molar-refractivity contribution in [3.8, 4) is 11.8 Å². The van der Waals surface area contributed by atoms with Gasteiger partial charge in [0, 0.05) is 11.6 Å². The molecule has 0 saturated carbocycles. The van der Waals surface area contributed by atoms with Crippen LogP contribution in [-0.2, 0) is 4.79 Å². The Labute approximate surface area is 175 Å². The number of halogens is 1. The van der Waals surface area contributed by atoms with Gasteiger partial charge in [-0.2, -0.15) is 5.26 Å². The van der Waals surface area contributed by atoms with Crippen LogP contribution in [0, 0.1) is 11.3 Å². The van der Waals surface area contributed by atoms with Crippen LogP contribution in [0.3, 0.4) is 0 Å². The van der Waals surface area contributed by atoms with Crippen LogP contribution in [0.15, 0.2) is 42.5 Å². The summed E-state index contributed by atoms with van der Waals surface area (Å²) in [5.41, 5.74) is 1.81. The Bertz CT molecular complexity index is 953. The summed E-state index contributed by atoms with van der Waals surface area (Å²) in [5.74, 6) is -0.0434. The second-order valence-corrected chi connectivity index (χ2v) is 7.40. The molecule has 0 spiro atoms. The van der Waals surface area contributed by atoms with E-state index in [9.17, 15) is 9.59 Å². The Hall–Kier alpha value is -3.04. The van der Waals surface area contributed by atoms with E-state index in [1.54, 1.807) is 35.2 Å². The molecule has 2 amide bonds. The lowest BCUT2D eigenvalue weighted by atomic mass is 10.1. The third-order valence-electron chi connectivity index (χ3n) is 5.11. The predicted octanol–water partition coefficient (Wildman–Crippen LogP) is 3.70. The highest BCUT2D eigenvalue weighted by atomic mass is 35.5. The number of ether oxygens (including phenoxy) is 1. The number of nitriles is 1. The van der Waals surface area contributed by atoms with Crippen LogP contribution < -0.4 is 10.1 Å². The molecule has 3 rings (SSSR count). The van der Waals surface area contributed by atoms with E-state index < -0.39 is 6.04 Å². The smallest absolute Gasteiger partial charge is 0.258 e. The minimum Gasteiger partial charge on any atom is -0.496 e. The number of hydrogen-bond acceptors (Lipinski definition) is 4. The summed E-state index contributed by atoms with van der Waals surface area (Å²) in [7, 11) is 1.49. The van der Waals surface area contributed by atoms with Crippen molar-refractivity contribution in [3.63, 3.8) is 0 Å². The van der Waals surface area contributed by atoms with Gasteiger partial charge in [-0.1, -0.05) is 23.7 Å². The normalized spacial score (nSPS) is 16.8. The van der Waals surface area contributed by atoms with Crippen molar-refractivity contribution in [3.05, 3.63) is 64.2 Å². The topological polar surface area (TPSA) is 82.4 Å². The summed E-state index contributed by atoms with van der Waals surface area (Å²) in [6.07, 6.45) is 1.35. The van der Waals surface area contributed by atoms with E-state index in [2.05, 4.69) is 11.4 Å². The maximum atomic E-state index is 13.1. The van der Waals surface area contributed by atoms with E-state index in [1.807, 2.05) is 19.1 Å². The number of carbonyl (C=O) groups excluding carboxylic acids is 2. The first-order chi connectivity index (χ1) is 13.9. The van der Waals surface area contributed by atoms with Gasteiger partial charge in [-0.15, -0.1) is 0 Å². The van der Waals surface area contributed by atoms with Crippen LogP contribution >= 0.6 is 11.6 Å². The van der Waals surface area contributed by atoms with Crippen LogP contribution in [0.4, 0.5) is 0 Å². The zero-order valence-electron chi connectivity index (χ0n) is 16.3. The zero-order chi connectivity index (χ0) is 21.0. The summed E-state index contributed by atoms with van der Waals surface area (Å²) < 4.78 is 5.29. The second kappa shape index (κ2) is 8.97. The van der Waals surface area contributed by atoms with Gasteiger partial charge in [-0.25, -0.2) is 0 Å². The summed E-state index contributed by atoms with van der Waals surface area (Å²) in [6.45, 7) is 2.37. The lowest BCUT2D eigenvalue weighted by Crippen LogP contribution is -2.46. The minimum atomic E-state index is -0.549. The van der Waals surface area contributed by atoms with Gasteiger partial charge in [0.25, 0.3) is 5.91 Å². The van der Waals surface area contributed by atoms with Crippen LogP contribution in [0.1, 0.15) is 47.3 Å². The van der Waals surface area contributed by atoms with E-state index in [4.69, 9.17) is 21.6 Å². The van der Waals surface area contributed by atoms with Gasteiger partial charge in [0.1, 0.15) is 11.8 Å². The standard InChI is InChI=1S/C22H22ClN3O3/c1-14(16-7-5-15(13-24)6-8-16)25-21(27)19-4-3-11-26(19)22(28)18-12-17(23)9-10-20(18)29-2/h5-10,12,14,19H,3-4,11H2,1-2H3,(H,25,27). The molecule has 29 heavy (non-hydrogen) atoms. The molecule has 150 valence electrons. The van der Waals surface area contributed by atoms with Crippen LogP contribution in [0.25, 0.3) is 0 Å². The molecule has 1 aliphatic rings. The predicted molar refractivity (Wildman–Crippen MR) is 110 cm³/mol. The number of amides is 2. The SMILES string of the molecule is COc1ccc(Cl)cc1C(=O)N1CCCC1C(=O)NC(C)c1ccc(C#N)cc1. The zero-order valence-corrected chi connectivity index (χ0v) is 17.1. The molecule has 1 aliphatic heterocycles. The van der Waals surface area contributed by atoms with Gasteiger partial charge in [0.2, 0.25) is 5.91 Å². The highest BCUT2D eigenvalue weighted by Crippen LogP contribution is 2.28. The number of rotatable bonds is 5. The van der Waals surface area contributed by atoms with E-state index in [1.165, 1.54) is 7.11 Å². The van der Waals surface area contributed by atoms with Gasteiger partial charge in [0.05, 0.1) is 30.3 Å². The molecular weight excluding hydrogens is 390 g/mol. The maximum Gasteiger partial charge on any atom is 0.258 e. The molecule has 2 aromatic rings. The van der Waals surface area contributed by atoms with Crippen LogP contribution in [0.5, 0.6) is 5.75 Å². The lowest BCUT2D eigenvalue weighted by Gasteiger charge is -2.26. The van der Waals surface area contributed by atoms with Crippen molar-refractivity contribution in [2.24, 2.45) is 0 Å². The molecule has 7 heteroatoms. The van der Waals surface area contributed by atoms with Gasteiger partial charge >= 0.3 is 0 Å². The Kier molecular flexibility index (Phi) is 6.40. The van der Waals surface area contributed by atoms with Gasteiger partial charge in [0.15, 0.2) is 0 Å². The third kappa shape index (κ3) is 4.52. The number of hydrogen-bond donors (Lipinski definition) is 1. The number of benzene rings is 2. The van der Waals surface area contributed by atoms with Crippen molar-refractivity contribution in [2.75, 3.05) is 13.7 Å². The molecule has 1 fully saturated rings. The van der Waals surface area contributed by atoms with E-state index in [-0.39, 0.29) is 17.9 Å². The number of nitrogens with one attached hydrogen (secondary N) is 1. The largest absolute Gasteiger partial charge is 0.496 e. The van der Waals surface area contributed by atoms with Crippen molar-refractivity contribution in [1.29, 1.82) is 5.26 Å². The molecule has 0 radical (unpaired) electrons. The van der Waals surface area contributed by atoms with Crippen LogP contribution in [-0.4, -0.2) is 36.4 Å². The number of methoxy groups -OCH3 is 1. The molecule has 2 aromatic carbocycles. The fourth-order valence-corrected chi connectivity index (χ4v) is 3.70. The fourth-order valence-electron chi connectivity index (χ4n) is 3.52. The third-order valence-corrected chi connectivity index (χ3v) is 5.34. The molecule has 0 aliphatic carbocycles. The highest BCUT2D eigenvalue weighted by molar-refractivity contribution is 6.31. The van der Waals surface area contributed by atoms with E-state index >= 15 is 0 Å². The molecule has 6 nitrogen and oxygen atoms in total. The molecule has 1 N–H and O–H groups in total. The molecule has 1 saturated heterocycles. The van der Waals surface area contributed by atoms with Crippen molar-refractivity contribution in [1.82, 2.24) is 10.2 Å². The first kappa shape index (κ1) is 20.7. The Morgan fingerprint density at radius 3 is 2.66 bits per heavy atom. The second-order valence-electron chi connectivity index (χ2n) is 6.97. The molecule has 1 heterocycles. The van der Waals surface area contributed by atoms with E-state index in [0.29, 0.717) is 34.9 Å². The van der Waals surface area contributed by atoms with Crippen molar-refractivity contribution in [2.45, 2.75) is 31.8 Å². The maximum absolute atomic E-state index is 13.1. The van der Waals surface area contributed by atoms with Crippen molar-refractivity contribution < 1.29 is 14.3 Å². The Morgan fingerprint density at radius 2 is 2.00 bits per heavy atom. The summed E-state index contributed by atoms with van der Waals surface area (Å²) >= 11 is 6.06. The lowest BCUT2D eigenvalue weighted by molar-refractivity contribution is -0.125. The monoisotopic (exact) mass is 411 g/mol. The highest BCUT2D eigenvalue weighted by Gasteiger charge is 2.36. The van der Waals surface area contributed by atoms with Crippen molar-refractivity contribution >= 4 is 23.4 Å². The Balaban J connectivity index is 1.74. The Morgan fingerprint density at radius 1 is 1.28 bits per heavy atom. The number of likely N-dealkylation sites (tertiary alicyclic amines) is 1.